The highest BCUT2D eigenvalue weighted by Gasteiger charge is 2.07. The molecular weight excluding hydrogens is 312 g/mol. The van der Waals surface area contributed by atoms with Gasteiger partial charge in [-0.1, -0.05) is 18.2 Å². The summed E-state index contributed by atoms with van der Waals surface area (Å²) in [7, 11) is 1.81. The Labute approximate surface area is 136 Å². The number of nitrogens with zero attached hydrogens (tertiary/aromatic N) is 2. The van der Waals surface area contributed by atoms with Gasteiger partial charge in [-0.15, -0.1) is 11.3 Å². The molecule has 0 amide bonds. The van der Waals surface area contributed by atoms with Gasteiger partial charge in [0, 0.05) is 18.0 Å². The number of carbonyl (C=O) groups is 1. The Morgan fingerprint density at radius 2 is 1.83 bits per heavy atom. The highest BCUT2D eigenvalue weighted by atomic mass is 32.1. The number of rotatable bonds is 5. The summed E-state index contributed by atoms with van der Waals surface area (Å²) in [6.45, 7) is 0. The van der Waals surface area contributed by atoms with E-state index in [-0.39, 0.29) is 5.56 Å². The van der Waals surface area contributed by atoms with Crippen LogP contribution in [0.4, 0.5) is 16.8 Å². The van der Waals surface area contributed by atoms with Crippen LogP contribution in [0.2, 0.25) is 0 Å². The van der Waals surface area contributed by atoms with Crippen molar-refractivity contribution >= 4 is 34.1 Å². The molecule has 3 N–H and O–H groups in total. The Morgan fingerprint density at radius 1 is 1.09 bits per heavy atom. The molecule has 1 aromatic carbocycles. The predicted molar refractivity (Wildman–Crippen MR) is 91.6 cm³/mol. The highest BCUT2D eigenvalue weighted by molar-refractivity contribution is 7.14. The average Bonchev–Trinajstić information content (AvgIpc) is 3.03. The van der Waals surface area contributed by atoms with E-state index in [1.165, 1.54) is 11.3 Å². The van der Waals surface area contributed by atoms with Gasteiger partial charge in [0.1, 0.15) is 11.6 Å². The van der Waals surface area contributed by atoms with Crippen LogP contribution in [0.25, 0.3) is 11.3 Å². The summed E-state index contributed by atoms with van der Waals surface area (Å²) in [5.74, 6) is 0.544. The van der Waals surface area contributed by atoms with Gasteiger partial charge in [0.15, 0.2) is 5.13 Å². The van der Waals surface area contributed by atoms with Crippen LogP contribution in [0.3, 0.4) is 0 Å². The van der Waals surface area contributed by atoms with Crippen molar-refractivity contribution in [3.63, 3.8) is 0 Å². The summed E-state index contributed by atoms with van der Waals surface area (Å²) in [5, 5.41) is 17.7. The molecule has 0 unspecified atom stereocenters. The Kier molecular flexibility index (Phi) is 4.20. The zero-order valence-corrected chi connectivity index (χ0v) is 13.1. The van der Waals surface area contributed by atoms with E-state index in [0.29, 0.717) is 5.82 Å². The molecule has 0 radical (unpaired) electrons. The minimum absolute atomic E-state index is 0.260. The third-order valence-electron chi connectivity index (χ3n) is 3.17. The molecule has 0 aliphatic rings. The molecule has 7 heteroatoms. The topological polar surface area (TPSA) is 87.1 Å². The van der Waals surface area contributed by atoms with Gasteiger partial charge in [0.2, 0.25) is 0 Å². The van der Waals surface area contributed by atoms with Crippen molar-refractivity contribution in [1.29, 1.82) is 0 Å². The largest absolute Gasteiger partial charge is 0.478 e. The molecule has 2 heterocycles. The second-order valence-electron chi connectivity index (χ2n) is 4.70. The first-order chi connectivity index (χ1) is 11.2. The first-order valence-electron chi connectivity index (χ1n) is 6.87. The molecular formula is C16H14N4O2S. The number of aromatic nitrogens is 2. The van der Waals surface area contributed by atoms with Gasteiger partial charge in [0.25, 0.3) is 0 Å². The fourth-order valence-corrected chi connectivity index (χ4v) is 2.73. The van der Waals surface area contributed by atoms with Crippen LogP contribution in [0, 0.1) is 0 Å². The maximum atomic E-state index is 10.9. The lowest BCUT2D eigenvalue weighted by Crippen LogP contribution is -1.97. The summed E-state index contributed by atoms with van der Waals surface area (Å²) < 4.78 is 0. The Balaban J connectivity index is 1.78. The molecule has 0 fully saturated rings. The molecule has 0 atom stereocenters. The molecule has 6 nitrogen and oxygen atoms in total. The number of nitrogens with one attached hydrogen (secondary N) is 2. The fourth-order valence-electron chi connectivity index (χ4n) is 2.00. The van der Waals surface area contributed by atoms with Crippen LogP contribution in [0.5, 0.6) is 0 Å². The van der Waals surface area contributed by atoms with Crippen molar-refractivity contribution < 1.29 is 9.90 Å². The molecule has 116 valence electrons. The van der Waals surface area contributed by atoms with Crippen molar-refractivity contribution in [2.45, 2.75) is 0 Å². The number of anilines is 3. The monoisotopic (exact) mass is 326 g/mol. The second-order valence-corrected chi connectivity index (χ2v) is 5.56. The van der Waals surface area contributed by atoms with Crippen LogP contribution in [-0.4, -0.2) is 28.1 Å². The van der Waals surface area contributed by atoms with Gasteiger partial charge < -0.3 is 15.7 Å². The SMILES string of the molecule is CNc1cccc(Nc2nc(-c3ccc(C(=O)O)cc3)cs2)n1. The minimum Gasteiger partial charge on any atom is -0.478 e. The van der Waals surface area contributed by atoms with Crippen molar-refractivity contribution in [2.75, 3.05) is 17.7 Å². The predicted octanol–water partition coefficient (Wildman–Crippen LogP) is 3.69. The number of hydrogen-bond donors (Lipinski definition) is 3. The van der Waals surface area contributed by atoms with Crippen LogP contribution in [0.15, 0.2) is 47.8 Å². The maximum absolute atomic E-state index is 10.9. The maximum Gasteiger partial charge on any atom is 0.335 e. The van der Waals surface area contributed by atoms with Crippen molar-refractivity contribution in [1.82, 2.24) is 9.97 Å². The molecule has 23 heavy (non-hydrogen) atoms. The molecule has 0 aliphatic carbocycles. The van der Waals surface area contributed by atoms with Crippen molar-refractivity contribution in [3.8, 4) is 11.3 Å². The third kappa shape index (κ3) is 3.46. The number of benzene rings is 1. The van der Waals surface area contributed by atoms with E-state index in [1.54, 1.807) is 24.3 Å². The molecule has 2 aromatic heterocycles. The number of thiazole rings is 1. The summed E-state index contributed by atoms with van der Waals surface area (Å²) in [4.78, 5) is 19.8. The van der Waals surface area contributed by atoms with Crippen LogP contribution < -0.4 is 10.6 Å². The van der Waals surface area contributed by atoms with Crippen LogP contribution >= 0.6 is 11.3 Å². The number of pyridine rings is 1. The Bertz CT molecular complexity index is 830. The molecule has 0 saturated carbocycles. The van der Waals surface area contributed by atoms with Crippen LogP contribution in [-0.2, 0) is 0 Å². The number of hydrogen-bond acceptors (Lipinski definition) is 6. The lowest BCUT2D eigenvalue weighted by atomic mass is 10.1. The van der Waals surface area contributed by atoms with Gasteiger partial charge in [-0.2, -0.15) is 0 Å². The van der Waals surface area contributed by atoms with Gasteiger partial charge in [-0.05, 0) is 24.3 Å². The smallest absolute Gasteiger partial charge is 0.335 e. The summed E-state index contributed by atoms with van der Waals surface area (Å²) in [5.41, 5.74) is 1.92. The Hall–Kier alpha value is -2.93. The van der Waals surface area contributed by atoms with E-state index < -0.39 is 5.97 Å². The first kappa shape index (κ1) is 15.0. The van der Waals surface area contributed by atoms with E-state index in [9.17, 15) is 4.79 Å². The molecule has 0 aliphatic heterocycles. The zero-order chi connectivity index (χ0) is 16.2. The molecule has 0 bridgehead atoms. The summed E-state index contributed by atoms with van der Waals surface area (Å²) in [6, 6.07) is 12.3. The van der Waals surface area contributed by atoms with Crippen molar-refractivity contribution in [3.05, 3.63) is 53.4 Å². The zero-order valence-electron chi connectivity index (χ0n) is 12.3. The standard InChI is InChI=1S/C16H14N4O2S/c1-17-13-3-2-4-14(19-13)20-16-18-12(9-23-16)10-5-7-11(8-6-10)15(21)22/h2-9H,1H3,(H,21,22)(H2,17,18,19,20). The van der Waals surface area contributed by atoms with E-state index in [4.69, 9.17) is 5.11 Å². The van der Waals surface area contributed by atoms with E-state index in [1.807, 2.05) is 30.6 Å². The molecule has 0 saturated heterocycles. The lowest BCUT2D eigenvalue weighted by molar-refractivity contribution is 0.0697. The van der Waals surface area contributed by atoms with Crippen LogP contribution in [0.1, 0.15) is 10.4 Å². The third-order valence-corrected chi connectivity index (χ3v) is 3.93. The van der Waals surface area contributed by atoms with E-state index in [0.717, 1.165) is 22.2 Å². The van der Waals surface area contributed by atoms with Gasteiger partial charge in [-0.25, -0.2) is 14.8 Å². The van der Waals surface area contributed by atoms with Crippen molar-refractivity contribution in [2.24, 2.45) is 0 Å². The Morgan fingerprint density at radius 3 is 2.52 bits per heavy atom. The normalized spacial score (nSPS) is 10.3. The lowest BCUT2D eigenvalue weighted by Gasteiger charge is -2.04. The minimum atomic E-state index is -0.937. The van der Waals surface area contributed by atoms with Gasteiger partial charge in [0.05, 0.1) is 11.3 Å². The quantitative estimate of drug-likeness (QED) is 0.663. The summed E-state index contributed by atoms with van der Waals surface area (Å²) in [6.07, 6.45) is 0. The first-order valence-corrected chi connectivity index (χ1v) is 7.75. The summed E-state index contributed by atoms with van der Waals surface area (Å²) >= 11 is 1.46. The molecule has 0 spiro atoms. The number of aromatic carboxylic acids is 1. The second kappa shape index (κ2) is 6.45. The highest BCUT2D eigenvalue weighted by Crippen LogP contribution is 2.27. The molecule has 3 rings (SSSR count). The molecule has 3 aromatic rings. The van der Waals surface area contributed by atoms with Gasteiger partial charge >= 0.3 is 5.97 Å². The average molecular weight is 326 g/mol. The van der Waals surface area contributed by atoms with Gasteiger partial charge in [-0.3, -0.25) is 0 Å². The number of carboxylic acid groups (broad SMARTS) is 1. The fraction of sp³-hybridized carbons (Fsp3) is 0.0625. The van der Waals surface area contributed by atoms with E-state index in [2.05, 4.69) is 20.6 Å². The number of carboxylic acids is 1. The van der Waals surface area contributed by atoms with E-state index >= 15 is 0 Å².